The molecular weight excluding hydrogens is 452 g/mol. The summed E-state index contributed by atoms with van der Waals surface area (Å²) in [5.41, 5.74) is 1.65. The monoisotopic (exact) mass is 470 g/mol. The average Bonchev–Trinajstić information content (AvgIpc) is 3.23. The van der Waals surface area contributed by atoms with Gasteiger partial charge >= 0.3 is 0 Å². The van der Waals surface area contributed by atoms with Gasteiger partial charge in [0.1, 0.15) is 5.52 Å². The van der Waals surface area contributed by atoms with E-state index in [1.54, 1.807) is 31.2 Å². The molecule has 1 aromatic heterocycles. The summed E-state index contributed by atoms with van der Waals surface area (Å²) < 4.78 is 26.1. The van der Waals surface area contributed by atoms with Gasteiger partial charge in [0, 0.05) is 0 Å². The minimum atomic E-state index is -3.58. The van der Waals surface area contributed by atoms with Crippen molar-refractivity contribution in [1.82, 2.24) is 4.98 Å². The molecule has 0 fully saturated rings. The van der Waals surface area contributed by atoms with Crippen LogP contribution in [0.15, 0.2) is 77.7 Å². The molecule has 0 spiro atoms. The number of carbonyl (C=O) groups excluding carboxylic acids is 1. The van der Waals surface area contributed by atoms with Gasteiger partial charge in [-0.2, -0.15) is 0 Å². The highest BCUT2D eigenvalue weighted by molar-refractivity contribution is 7.91. The molecule has 5 nitrogen and oxygen atoms in total. The van der Waals surface area contributed by atoms with Crippen LogP contribution in [0.5, 0.6) is 0 Å². The summed E-state index contributed by atoms with van der Waals surface area (Å²) in [6.45, 7) is 1.81. The zero-order valence-electron chi connectivity index (χ0n) is 16.7. The normalized spacial score (nSPS) is 11.5. The van der Waals surface area contributed by atoms with Crippen molar-refractivity contribution >= 4 is 54.0 Å². The van der Waals surface area contributed by atoms with Crippen LogP contribution in [0.1, 0.15) is 22.8 Å². The molecule has 31 heavy (non-hydrogen) atoms. The van der Waals surface area contributed by atoms with Gasteiger partial charge in [0.25, 0.3) is 5.91 Å². The van der Waals surface area contributed by atoms with Gasteiger partial charge in [-0.05, 0) is 29.8 Å². The maximum Gasteiger partial charge on any atom is 0.261 e. The Balaban J connectivity index is 1.85. The summed E-state index contributed by atoms with van der Waals surface area (Å²) >= 11 is 7.64. The summed E-state index contributed by atoms with van der Waals surface area (Å²) in [5, 5.41) is 0.960. The molecule has 0 aliphatic carbocycles. The molecule has 8 heteroatoms. The molecule has 4 aromatic rings. The molecule has 0 saturated carbocycles. The van der Waals surface area contributed by atoms with Crippen molar-refractivity contribution in [3.8, 4) is 0 Å². The summed E-state index contributed by atoms with van der Waals surface area (Å²) in [6.07, 6.45) is 0. The lowest BCUT2D eigenvalue weighted by molar-refractivity contribution is 0.0982. The number of anilines is 1. The SMILES string of the molecule is CCS(=O)(=O)c1ccccc1C(=O)N(Cc1ccccc1)c1nc2c(Cl)cccc2s1. The van der Waals surface area contributed by atoms with Crippen molar-refractivity contribution in [3.05, 3.63) is 88.9 Å². The Morgan fingerprint density at radius 3 is 2.42 bits per heavy atom. The van der Waals surface area contributed by atoms with Crippen LogP contribution >= 0.6 is 22.9 Å². The summed E-state index contributed by atoms with van der Waals surface area (Å²) in [4.78, 5) is 19.8. The predicted molar refractivity (Wildman–Crippen MR) is 126 cm³/mol. The fourth-order valence-electron chi connectivity index (χ4n) is 3.23. The van der Waals surface area contributed by atoms with Crippen LogP contribution in [0.4, 0.5) is 5.13 Å². The van der Waals surface area contributed by atoms with Gasteiger partial charge in [0.15, 0.2) is 15.0 Å². The molecule has 4 rings (SSSR count). The first-order chi connectivity index (χ1) is 14.9. The molecule has 0 aliphatic heterocycles. The largest absolute Gasteiger partial charge is 0.279 e. The van der Waals surface area contributed by atoms with E-state index in [-0.39, 0.29) is 22.8 Å². The highest BCUT2D eigenvalue weighted by atomic mass is 35.5. The van der Waals surface area contributed by atoms with E-state index in [2.05, 4.69) is 4.98 Å². The zero-order valence-corrected chi connectivity index (χ0v) is 19.0. The van der Waals surface area contributed by atoms with Crippen molar-refractivity contribution in [2.45, 2.75) is 18.4 Å². The van der Waals surface area contributed by atoms with Crippen molar-refractivity contribution in [3.63, 3.8) is 0 Å². The van der Waals surface area contributed by atoms with Crippen molar-refractivity contribution < 1.29 is 13.2 Å². The maximum atomic E-state index is 13.7. The third-order valence-corrected chi connectivity index (χ3v) is 7.99. The van der Waals surface area contributed by atoms with E-state index in [9.17, 15) is 13.2 Å². The zero-order chi connectivity index (χ0) is 22.0. The number of rotatable bonds is 6. The maximum absolute atomic E-state index is 13.7. The van der Waals surface area contributed by atoms with E-state index < -0.39 is 15.7 Å². The van der Waals surface area contributed by atoms with E-state index >= 15 is 0 Å². The van der Waals surface area contributed by atoms with Crippen molar-refractivity contribution in [1.29, 1.82) is 0 Å². The van der Waals surface area contributed by atoms with Crippen LogP contribution in [0.25, 0.3) is 10.2 Å². The first-order valence-corrected chi connectivity index (χ1v) is 12.5. The predicted octanol–water partition coefficient (Wildman–Crippen LogP) is 5.59. The molecule has 0 saturated heterocycles. The fourth-order valence-corrected chi connectivity index (χ4v) is 5.58. The van der Waals surface area contributed by atoms with Crippen LogP contribution in [0.2, 0.25) is 5.02 Å². The second kappa shape index (κ2) is 8.78. The lowest BCUT2D eigenvalue weighted by Crippen LogP contribution is -2.31. The quantitative estimate of drug-likeness (QED) is 0.368. The Hall–Kier alpha value is -2.74. The molecule has 0 N–H and O–H groups in total. The highest BCUT2D eigenvalue weighted by Gasteiger charge is 2.27. The van der Waals surface area contributed by atoms with E-state index in [4.69, 9.17) is 11.6 Å². The number of carbonyl (C=O) groups is 1. The Morgan fingerprint density at radius 2 is 1.71 bits per heavy atom. The number of nitrogens with zero attached hydrogens (tertiary/aromatic N) is 2. The standard InChI is InChI=1S/C23H19ClN2O3S2/c1-2-31(28,29)20-14-7-6-11-17(20)22(27)26(15-16-9-4-3-5-10-16)23-25-21-18(24)12-8-13-19(21)30-23/h3-14H,2,15H2,1H3. The number of sulfone groups is 1. The molecule has 3 aromatic carbocycles. The number of fused-ring (bicyclic) bond motifs is 1. The Bertz CT molecular complexity index is 1350. The second-order valence-electron chi connectivity index (χ2n) is 6.86. The van der Waals surface area contributed by atoms with E-state index in [0.717, 1.165) is 10.3 Å². The van der Waals surface area contributed by atoms with Gasteiger partial charge in [-0.3, -0.25) is 9.69 Å². The van der Waals surface area contributed by atoms with Gasteiger partial charge in [0.2, 0.25) is 0 Å². The summed E-state index contributed by atoms with van der Waals surface area (Å²) in [5.74, 6) is -0.515. The van der Waals surface area contributed by atoms with Crippen LogP contribution < -0.4 is 4.90 Å². The average molecular weight is 471 g/mol. The van der Waals surface area contributed by atoms with Crippen LogP contribution in [0.3, 0.4) is 0 Å². The van der Waals surface area contributed by atoms with E-state index in [0.29, 0.717) is 15.7 Å². The van der Waals surface area contributed by atoms with Crippen LogP contribution in [0, 0.1) is 0 Å². The molecule has 0 aliphatic rings. The lowest BCUT2D eigenvalue weighted by Gasteiger charge is -2.21. The number of hydrogen-bond acceptors (Lipinski definition) is 5. The first kappa shape index (κ1) is 21.5. The molecule has 0 unspecified atom stereocenters. The van der Waals surface area contributed by atoms with Crippen LogP contribution in [-0.2, 0) is 16.4 Å². The number of thiazole rings is 1. The molecule has 0 atom stereocenters. The van der Waals surface area contributed by atoms with Crippen molar-refractivity contribution in [2.24, 2.45) is 0 Å². The molecule has 0 bridgehead atoms. The molecule has 0 radical (unpaired) electrons. The highest BCUT2D eigenvalue weighted by Crippen LogP contribution is 2.34. The number of hydrogen-bond donors (Lipinski definition) is 0. The number of para-hydroxylation sites is 1. The van der Waals surface area contributed by atoms with Gasteiger partial charge in [-0.1, -0.05) is 78.4 Å². The minimum absolute atomic E-state index is 0.0275. The van der Waals surface area contributed by atoms with E-state index in [1.165, 1.54) is 22.3 Å². The number of benzene rings is 3. The Morgan fingerprint density at radius 1 is 1.00 bits per heavy atom. The van der Waals surface area contributed by atoms with E-state index in [1.807, 2.05) is 42.5 Å². The van der Waals surface area contributed by atoms with Crippen molar-refractivity contribution in [2.75, 3.05) is 10.7 Å². The smallest absolute Gasteiger partial charge is 0.261 e. The fraction of sp³-hybridized carbons (Fsp3) is 0.130. The molecule has 1 heterocycles. The number of aromatic nitrogens is 1. The van der Waals surface area contributed by atoms with Gasteiger partial charge in [-0.25, -0.2) is 13.4 Å². The Labute approximate surface area is 189 Å². The second-order valence-corrected chi connectivity index (χ2v) is 10.5. The minimum Gasteiger partial charge on any atom is -0.279 e. The third-order valence-electron chi connectivity index (χ3n) is 4.85. The molecular formula is C23H19ClN2O3S2. The topological polar surface area (TPSA) is 67.3 Å². The number of halogens is 1. The first-order valence-electron chi connectivity index (χ1n) is 9.63. The summed E-state index contributed by atoms with van der Waals surface area (Å²) in [7, 11) is -3.58. The number of amides is 1. The summed E-state index contributed by atoms with van der Waals surface area (Å²) in [6, 6.07) is 21.3. The molecule has 158 valence electrons. The van der Waals surface area contributed by atoms with Gasteiger partial charge in [-0.15, -0.1) is 0 Å². The third kappa shape index (κ3) is 4.35. The lowest BCUT2D eigenvalue weighted by atomic mass is 10.1. The Kier molecular flexibility index (Phi) is 6.09. The van der Waals surface area contributed by atoms with Gasteiger partial charge in [0.05, 0.1) is 32.5 Å². The van der Waals surface area contributed by atoms with Gasteiger partial charge < -0.3 is 0 Å². The molecule has 1 amide bonds. The van der Waals surface area contributed by atoms with Crippen LogP contribution in [-0.4, -0.2) is 25.1 Å².